The molecule has 140 valence electrons. The van der Waals surface area contributed by atoms with Crippen molar-refractivity contribution in [1.29, 1.82) is 0 Å². The highest BCUT2D eigenvalue weighted by atomic mass is 32.2. The highest BCUT2D eigenvalue weighted by molar-refractivity contribution is 7.89. The van der Waals surface area contributed by atoms with E-state index in [1.807, 2.05) is 26.2 Å². The van der Waals surface area contributed by atoms with Crippen LogP contribution in [0.5, 0.6) is 0 Å². The van der Waals surface area contributed by atoms with Crippen molar-refractivity contribution in [2.24, 2.45) is 0 Å². The molecule has 4 rings (SSSR count). The van der Waals surface area contributed by atoms with E-state index in [1.165, 1.54) is 5.56 Å². The third-order valence-corrected chi connectivity index (χ3v) is 7.35. The van der Waals surface area contributed by atoms with Crippen molar-refractivity contribution in [3.05, 3.63) is 42.0 Å². The zero-order chi connectivity index (χ0) is 18.3. The number of likely N-dealkylation sites (N-methyl/N-ethyl adjacent to an activating group) is 1. The summed E-state index contributed by atoms with van der Waals surface area (Å²) in [4.78, 5) is 12.1. The van der Waals surface area contributed by atoms with Crippen LogP contribution in [0.3, 0.4) is 0 Å². The number of anilines is 1. The second-order valence-electron chi connectivity index (χ2n) is 7.15. The lowest BCUT2D eigenvalue weighted by Crippen LogP contribution is -2.49. The summed E-state index contributed by atoms with van der Waals surface area (Å²) >= 11 is 0. The van der Waals surface area contributed by atoms with E-state index < -0.39 is 10.0 Å². The Hall–Kier alpha value is -1.90. The van der Waals surface area contributed by atoms with Crippen LogP contribution in [0.25, 0.3) is 0 Å². The number of rotatable bonds is 3. The van der Waals surface area contributed by atoms with Crippen LogP contribution in [0.1, 0.15) is 23.9 Å². The molecule has 2 aliphatic heterocycles. The van der Waals surface area contributed by atoms with E-state index >= 15 is 0 Å². The quantitative estimate of drug-likeness (QED) is 0.880. The lowest BCUT2D eigenvalue weighted by Gasteiger charge is -2.38. The van der Waals surface area contributed by atoms with Gasteiger partial charge in [0.2, 0.25) is 10.0 Å². The predicted molar refractivity (Wildman–Crippen MR) is 101 cm³/mol. The fraction of sp³-hybridized carbons (Fsp3) is 0.500. The Labute approximate surface area is 154 Å². The maximum atomic E-state index is 13.3. The molecule has 0 amide bonds. The summed E-state index contributed by atoms with van der Waals surface area (Å²) in [6.45, 7) is 2.53. The highest BCUT2D eigenvalue weighted by Gasteiger charge is 2.35. The topological polar surface area (TPSA) is 72.5 Å². The Kier molecular flexibility index (Phi) is 4.50. The number of fused-ring (bicyclic) bond motifs is 1. The number of hydrogen-bond acceptors (Lipinski definition) is 5. The number of nitrogens with zero attached hydrogens (tertiary/aromatic N) is 4. The number of imidazole rings is 1. The number of H-pyrrole nitrogens is 1. The van der Waals surface area contributed by atoms with Crippen molar-refractivity contribution in [3.63, 3.8) is 0 Å². The first-order chi connectivity index (χ1) is 12.5. The third kappa shape index (κ3) is 3.02. The summed E-state index contributed by atoms with van der Waals surface area (Å²) in [6, 6.07) is 5.50. The SMILES string of the molecule is CN1CCCc2ccc(S(=O)(=O)N3CCN(C)C(c4ncc[nH]4)C3)cc21. The molecular formula is C18H25N5O2S. The van der Waals surface area contributed by atoms with E-state index in [4.69, 9.17) is 0 Å². The van der Waals surface area contributed by atoms with Gasteiger partial charge in [0.05, 0.1) is 10.9 Å². The van der Waals surface area contributed by atoms with E-state index in [9.17, 15) is 8.42 Å². The van der Waals surface area contributed by atoms with Crippen LogP contribution in [0.15, 0.2) is 35.5 Å². The van der Waals surface area contributed by atoms with E-state index in [0.29, 0.717) is 24.5 Å². The molecule has 1 N–H and O–H groups in total. The van der Waals surface area contributed by atoms with Gasteiger partial charge in [-0.25, -0.2) is 13.4 Å². The zero-order valence-corrected chi connectivity index (χ0v) is 16.0. The Balaban J connectivity index is 1.63. The first-order valence-corrected chi connectivity index (χ1v) is 10.4. The van der Waals surface area contributed by atoms with Gasteiger partial charge in [-0.2, -0.15) is 4.31 Å². The number of aryl methyl sites for hydroxylation is 1. The average molecular weight is 375 g/mol. The number of sulfonamides is 1. The molecule has 26 heavy (non-hydrogen) atoms. The molecule has 1 atom stereocenters. The number of piperazine rings is 1. The van der Waals surface area contributed by atoms with Crippen LogP contribution >= 0.6 is 0 Å². The van der Waals surface area contributed by atoms with Crippen LogP contribution in [0.4, 0.5) is 5.69 Å². The molecule has 2 aliphatic rings. The molecule has 0 saturated carbocycles. The van der Waals surface area contributed by atoms with Crippen LogP contribution in [-0.4, -0.2) is 67.9 Å². The Morgan fingerprint density at radius 2 is 2.04 bits per heavy atom. The Bertz CT molecular complexity index is 881. The molecule has 0 radical (unpaired) electrons. The molecule has 1 aromatic carbocycles. The molecule has 2 aromatic rings. The zero-order valence-electron chi connectivity index (χ0n) is 15.2. The second-order valence-corrected chi connectivity index (χ2v) is 9.09. The molecule has 8 heteroatoms. The van der Waals surface area contributed by atoms with E-state index in [2.05, 4.69) is 19.8 Å². The van der Waals surface area contributed by atoms with Crippen molar-refractivity contribution in [1.82, 2.24) is 19.2 Å². The highest BCUT2D eigenvalue weighted by Crippen LogP contribution is 2.31. The fourth-order valence-electron chi connectivity index (χ4n) is 3.87. The minimum Gasteiger partial charge on any atom is -0.374 e. The van der Waals surface area contributed by atoms with Crippen molar-refractivity contribution < 1.29 is 8.42 Å². The number of hydrogen-bond donors (Lipinski definition) is 1. The first kappa shape index (κ1) is 17.5. The summed E-state index contributed by atoms with van der Waals surface area (Å²) in [6.07, 6.45) is 5.60. The molecule has 0 spiro atoms. The van der Waals surface area contributed by atoms with Crippen LogP contribution in [-0.2, 0) is 16.4 Å². The third-order valence-electron chi connectivity index (χ3n) is 5.49. The normalized spacial score (nSPS) is 22.4. The van der Waals surface area contributed by atoms with Gasteiger partial charge in [-0.15, -0.1) is 0 Å². The summed E-state index contributed by atoms with van der Waals surface area (Å²) in [5, 5.41) is 0. The molecule has 0 aliphatic carbocycles. The van der Waals surface area contributed by atoms with Gasteiger partial charge in [-0.05, 0) is 37.6 Å². The molecule has 7 nitrogen and oxygen atoms in total. The minimum atomic E-state index is -3.53. The maximum absolute atomic E-state index is 13.3. The number of aromatic amines is 1. The van der Waals surface area contributed by atoms with Crippen molar-refractivity contribution in [2.45, 2.75) is 23.8 Å². The van der Waals surface area contributed by atoms with Gasteiger partial charge in [0.15, 0.2) is 0 Å². The number of benzene rings is 1. The molecule has 1 saturated heterocycles. The van der Waals surface area contributed by atoms with E-state index in [0.717, 1.165) is 30.9 Å². The van der Waals surface area contributed by atoms with Crippen molar-refractivity contribution in [3.8, 4) is 0 Å². The van der Waals surface area contributed by atoms with Gasteiger partial charge in [-0.3, -0.25) is 4.90 Å². The van der Waals surface area contributed by atoms with Gasteiger partial charge in [0, 0.05) is 51.3 Å². The largest absolute Gasteiger partial charge is 0.374 e. The van der Waals surface area contributed by atoms with Gasteiger partial charge in [-0.1, -0.05) is 6.07 Å². The van der Waals surface area contributed by atoms with Gasteiger partial charge in [0.25, 0.3) is 0 Å². The first-order valence-electron chi connectivity index (χ1n) is 9.00. The van der Waals surface area contributed by atoms with Crippen molar-refractivity contribution in [2.75, 3.05) is 45.2 Å². The lowest BCUT2D eigenvalue weighted by atomic mass is 10.0. The van der Waals surface area contributed by atoms with Gasteiger partial charge in [0.1, 0.15) is 5.82 Å². The fourth-order valence-corrected chi connectivity index (χ4v) is 5.33. The van der Waals surface area contributed by atoms with Gasteiger partial charge < -0.3 is 9.88 Å². The molecule has 1 fully saturated rings. The molecule has 1 aromatic heterocycles. The molecular weight excluding hydrogens is 350 g/mol. The minimum absolute atomic E-state index is 0.0613. The second kappa shape index (κ2) is 6.68. The average Bonchev–Trinajstić information content (AvgIpc) is 3.16. The maximum Gasteiger partial charge on any atom is 0.243 e. The number of nitrogens with one attached hydrogen (secondary N) is 1. The molecule has 1 unspecified atom stereocenters. The van der Waals surface area contributed by atoms with Crippen LogP contribution in [0, 0.1) is 0 Å². The lowest BCUT2D eigenvalue weighted by molar-refractivity contribution is 0.142. The Morgan fingerprint density at radius 1 is 1.19 bits per heavy atom. The van der Waals surface area contributed by atoms with E-state index in [1.54, 1.807) is 22.8 Å². The summed E-state index contributed by atoms with van der Waals surface area (Å²) in [7, 11) is 0.502. The van der Waals surface area contributed by atoms with Crippen molar-refractivity contribution >= 4 is 15.7 Å². The monoisotopic (exact) mass is 375 g/mol. The van der Waals surface area contributed by atoms with Crippen LogP contribution in [0.2, 0.25) is 0 Å². The summed E-state index contributed by atoms with van der Waals surface area (Å²) in [5.41, 5.74) is 2.26. The standard InChI is InChI=1S/C18H25N5O2S/c1-21-9-3-4-14-5-6-15(12-16(14)21)26(24,25)23-11-10-22(2)17(13-23)18-19-7-8-20-18/h5-8,12,17H,3-4,9-11,13H2,1-2H3,(H,19,20). The van der Waals surface area contributed by atoms with Gasteiger partial charge >= 0.3 is 0 Å². The van der Waals surface area contributed by atoms with E-state index in [-0.39, 0.29) is 6.04 Å². The Morgan fingerprint density at radius 3 is 2.81 bits per heavy atom. The van der Waals surface area contributed by atoms with Crippen LogP contribution < -0.4 is 4.90 Å². The number of aromatic nitrogens is 2. The smallest absolute Gasteiger partial charge is 0.243 e. The summed E-state index contributed by atoms with van der Waals surface area (Å²) < 4.78 is 28.1. The summed E-state index contributed by atoms with van der Waals surface area (Å²) in [5.74, 6) is 0.803. The molecule has 3 heterocycles. The predicted octanol–water partition coefficient (Wildman–Crippen LogP) is 1.47. The molecule has 0 bridgehead atoms.